The van der Waals surface area contributed by atoms with Crippen molar-refractivity contribution in [2.45, 2.75) is 52.1 Å². The summed E-state index contributed by atoms with van der Waals surface area (Å²) in [6.45, 7) is 7.02. The minimum Gasteiger partial charge on any atom is -0.497 e. The molecule has 0 fully saturated rings. The Hall–Kier alpha value is -3.35. The molecule has 0 saturated carbocycles. The molecule has 180 valence electrons. The highest BCUT2D eigenvalue weighted by Gasteiger charge is 2.40. The van der Waals surface area contributed by atoms with Gasteiger partial charge in [0.25, 0.3) is 5.91 Å². The molecule has 2 atom stereocenters. The van der Waals surface area contributed by atoms with Crippen LogP contribution < -0.4 is 10.1 Å². The number of carbonyl (C=O) groups is 3. The third-order valence-corrected chi connectivity index (χ3v) is 6.65. The number of fused-ring (bicyclic) bond motifs is 2. The van der Waals surface area contributed by atoms with Gasteiger partial charge >= 0.3 is 0 Å². The second-order valence-corrected chi connectivity index (χ2v) is 10.4. The summed E-state index contributed by atoms with van der Waals surface area (Å²) in [5, 5.41) is 2.92. The number of carbonyl (C=O) groups excluding carboxylic acids is 3. The lowest BCUT2D eigenvalue weighted by molar-refractivity contribution is -0.136. The lowest BCUT2D eigenvalue weighted by atomic mass is 9.87. The van der Waals surface area contributed by atoms with Crippen molar-refractivity contribution in [1.29, 1.82) is 0 Å². The first-order chi connectivity index (χ1) is 16.1. The maximum atomic E-state index is 13.7. The van der Waals surface area contributed by atoms with Crippen LogP contribution in [0.25, 0.3) is 0 Å². The number of anilines is 1. The fraction of sp³-hybridized carbons (Fsp3) is 0.444. The van der Waals surface area contributed by atoms with Crippen LogP contribution in [-0.2, 0) is 16.1 Å². The van der Waals surface area contributed by atoms with Crippen molar-refractivity contribution >= 4 is 23.4 Å². The molecular formula is C27H33N3O4. The Morgan fingerprint density at radius 1 is 1.21 bits per heavy atom. The van der Waals surface area contributed by atoms with Gasteiger partial charge in [-0.1, -0.05) is 39.0 Å². The zero-order valence-corrected chi connectivity index (χ0v) is 20.6. The van der Waals surface area contributed by atoms with E-state index in [1.807, 2.05) is 30.3 Å². The maximum Gasteiger partial charge on any atom is 0.255 e. The van der Waals surface area contributed by atoms with Crippen molar-refractivity contribution in [2.75, 3.05) is 26.0 Å². The molecule has 2 aromatic carbocycles. The van der Waals surface area contributed by atoms with Gasteiger partial charge in [0.1, 0.15) is 11.8 Å². The number of hydrogen-bond donors (Lipinski definition) is 1. The van der Waals surface area contributed by atoms with Crippen LogP contribution in [0.4, 0.5) is 5.69 Å². The molecule has 0 bridgehead atoms. The highest BCUT2D eigenvalue weighted by atomic mass is 16.5. The number of nitrogens with one attached hydrogen (secondary N) is 1. The van der Waals surface area contributed by atoms with Gasteiger partial charge in [-0.25, -0.2) is 0 Å². The summed E-state index contributed by atoms with van der Waals surface area (Å²) in [4.78, 5) is 42.8. The van der Waals surface area contributed by atoms with Crippen molar-refractivity contribution in [3.8, 4) is 5.75 Å². The molecule has 0 unspecified atom stereocenters. The van der Waals surface area contributed by atoms with E-state index in [-0.39, 0.29) is 29.1 Å². The van der Waals surface area contributed by atoms with E-state index in [2.05, 4.69) is 26.1 Å². The molecule has 0 aliphatic carbocycles. The number of methoxy groups -OCH3 is 1. The van der Waals surface area contributed by atoms with Gasteiger partial charge in [0.2, 0.25) is 11.8 Å². The molecule has 0 aromatic heterocycles. The van der Waals surface area contributed by atoms with Crippen molar-refractivity contribution < 1.29 is 19.1 Å². The van der Waals surface area contributed by atoms with Crippen LogP contribution in [0.3, 0.4) is 0 Å². The molecule has 3 amide bonds. The van der Waals surface area contributed by atoms with Crippen LogP contribution in [-0.4, -0.2) is 54.3 Å². The Morgan fingerprint density at radius 2 is 1.94 bits per heavy atom. The van der Waals surface area contributed by atoms with E-state index >= 15 is 0 Å². The molecule has 2 heterocycles. The zero-order valence-electron chi connectivity index (χ0n) is 20.6. The van der Waals surface area contributed by atoms with Gasteiger partial charge in [-0.3, -0.25) is 14.4 Å². The molecule has 0 saturated heterocycles. The average molecular weight is 464 g/mol. The van der Waals surface area contributed by atoms with E-state index in [0.717, 1.165) is 16.8 Å². The maximum absolute atomic E-state index is 13.7. The van der Waals surface area contributed by atoms with Crippen LogP contribution in [0.15, 0.2) is 42.5 Å². The zero-order chi connectivity index (χ0) is 24.6. The lowest BCUT2D eigenvalue weighted by Crippen LogP contribution is -2.49. The van der Waals surface area contributed by atoms with Crippen molar-refractivity contribution in [3.63, 3.8) is 0 Å². The Kier molecular flexibility index (Phi) is 6.39. The van der Waals surface area contributed by atoms with Gasteiger partial charge in [-0.05, 0) is 53.6 Å². The summed E-state index contributed by atoms with van der Waals surface area (Å²) in [6, 6.07) is 12.5. The van der Waals surface area contributed by atoms with Gasteiger partial charge in [-0.15, -0.1) is 0 Å². The molecule has 0 radical (unpaired) electrons. The predicted molar refractivity (Wildman–Crippen MR) is 131 cm³/mol. The highest BCUT2D eigenvalue weighted by Crippen LogP contribution is 2.35. The third-order valence-electron chi connectivity index (χ3n) is 6.65. The summed E-state index contributed by atoms with van der Waals surface area (Å²) in [7, 11) is 3.35. The Balaban J connectivity index is 1.50. The number of ether oxygens (including phenoxy) is 1. The SMILES string of the molecule is COc1ccc2c(c1)CN([C@@H](CC(C)(C)C)C(=O)N(C)CC[C@H]1C(=O)Nc3ccccc31)C2=O. The number of likely N-dealkylation sites (N-methyl/N-ethyl adjacent to an activating group) is 1. The first-order valence-electron chi connectivity index (χ1n) is 11.7. The lowest BCUT2D eigenvalue weighted by Gasteiger charge is -2.34. The molecule has 7 heteroatoms. The number of para-hydroxylation sites is 1. The average Bonchev–Trinajstić information content (AvgIpc) is 3.30. The van der Waals surface area contributed by atoms with Gasteiger partial charge < -0.3 is 19.9 Å². The number of hydrogen-bond acceptors (Lipinski definition) is 4. The van der Waals surface area contributed by atoms with Gasteiger partial charge in [-0.2, -0.15) is 0 Å². The Bertz CT molecular complexity index is 1120. The van der Waals surface area contributed by atoms with Crippen LogP contribution in [0.5, 0.6) is 5.75 Å². The van der Waals surface area contributed by atoms with Crippen LogP contribution in [0, 0.1) is 5.41 Å². The highest BCUT2D eigenvalue weighted by molar-refractivity contribution is 6.03. The van der Waals surface area contributed by atoms with Crippen molar-refractivity contribution in [1.82, 2.24) is 9.80 Å². The summed E-state index contributed by atoms with van der Waals surface area (Å²) in [5.41, 5.74) is 3.15. The number of rotatable bonds is 7. The first-order valence-corrected chi connectivity index (χ1v) is 11.7. The normalized spacial score (nSPS) is 17.8. The molecule has 0 spiro atoms. The summed E-state index contributed by atoms with van der Waals surface area (Å²) < 4.78 is 5.31. The molecular weight excluding hydrogens is 430 g/mol. The summed E-state index contributed by atoms with van der Waals surface area (Å²) in [6.07, 6.45) is 1.07. The fourth-order valence-corrected chi connectivity index (χ4v) is 4.86. The van der Waals surface area contributed by atoms with E-state index in [9.17, 15) is 14.4 Å². The van der Waals surface area contributed by atoms with Crippen LogP contribution >= 0.6 is 0 Å². The van der Waals surface area contributed by atoms with E-state index in [0.29, 0.717) is 37.2 Å². The van der Waals surface area contributed by atoms with Gasteiger partial charge in [0.15, 0.2) is 0 Å². The van der Waals surface area contributed by atoms with E-state index < -0.39 is 6.04 Å². The second-order valence-electron chi connectivity index (χ2n) is 10.4. The Morgan fingerprint density at radius 3 is 2.65 bits per heavy atom. The molecule has 2 aliphatic rings. The van der Waals surface area contributed by atoms with E-state index in [1.165, 1.54) is 0 Å². The van der Waals surface area contributed by atoms with Crippen LogP contribution in [0.1, 0.15) is 61.0 Å². The monoisotopic (exact) mass is 463 g/mol. The first kappa shape index (κ1) is 23.8. The predicted octanol–water partition coefficient (Wildman–Crippen LogP) is 4.04. The van der Waals surface area contributed by atoms with Crippen molar-refractivity contribution in [3.05, 3.63) is 59.2 Å². The van der Waals surface area contributed by atoms with E-state index in [1.54, 1.807) is 36.1 Å². The summed E-state index contributed by atoms with van der Waals surface area (Å²) in [5.74, 6) is 0.150. The second kappa shape index (κ2) is 9.12. The number of amides is 3. The smallest absolute Gasteiger partial charge is 0.255 e. The molecule has 7 nitrogen and oxygen atoms in total. The number of benzene rings is 2. The fourth-order valence-electron chi connectivity index (χ4n) is 4.86. The largest absolute Gasteiger partial charge is 0.497 e. The van der Waals surface area contributed by atoms with Gasteiger partial charge in [0, 0.05) is 31.4 Å². The quantitative estimate of drug-likeness (QED) is 0.672. The minimum atomic E-state index is -0.583. The molecule has 2 aromatic rings. The van der Waals surface area contributed by atoms with Gasteiger partial charge in [0.05, 0.1) is 13.0 Å². The summed E-state index contributed by atoms with van der Waals surface area (Å²) >= 11 is 0. The standard InChI is InChI=1S/C27H33N3O4/c1-27(2,3)15-23(30-16-17-14-18(34-5)10-11-19(17)25(30)32)26(33)29(4)13-12-21-20-8-6-7-9-22(20)28-24(21)31/h6-11,14,21,23H,12-13,15-16H2,1-5H3,(H,28,31)/t21-,23+/m1/s1. The Labute approximate surface area is 201 Å². The van der Waals surface area contributed by atoms with Crippen LogP contribution in [0.2, 0.25) is 0 Å². The molecule has 1 N–H and O–H groups in total. The molecule has 4 rings (SSSR count). The third kappa shape index (κ3) is 4.65. The number of nitrogens with zero attached hydrogens (tertiary/aromatic N) is 2. The topological polar surface area (TPSA) is 79.0 Å². The molecule has 2 aliphatic heterocycles. The molecule has 34 heavy (non-hydrogen) atoms. The minimum absolute atomic E-state index is 0.0348. The van der Waals surface area contributed by atoms with E-state index in [4.69, 9.17) is 4.74 Å². The van der Waals surface area contributed by atoms with Crippen molar-refractivity contribution in [2.24, 2.45) is 5.41 Å².